The van der Waals surface area contributed by atoms with E-state index in [1.165, 1.54) is 19.3 Å². The van der Waals surface area contributed by atoms with Gasteiger partial charge in [0.15, 0.2) is 0 Å². The minimum atomic E-state index is 0.350. The van der Waals surface area contributed by atoms with E-state index < -0.39 is 0 Å². The van der Waals surface area contributed by atoms with E-state index in [0.29, 0.717) is 6.61 Å². The summed E-state index contributed by atoms with van der Waals surface area (Å²) in [6.45, 7) is 2.59. The van der Waals surface area contributed by atoms with Crippen LogP contribution in [-0.4, -0.2) is 17.0 Å². The molecule has 0 amide bonds. The highest BCUT2D eigenvalue weighted by atomic mass is 79.9. The van der Waals surface area contributed by atoms with Gasteiger partial charge < -0.3 is 5.11 Å². The molecule has 0 saturated carbocycles. The zero-order valence-corrected chi connectivity index (χ0v) is 8.23. The highest BCUT2D eigenvalue weighted by Gasteiger charge is 1.97. The average Bonchev–Trinajstić information content (AvgIpc) is 1.98. The SMILES string of the molecule is CC(CBr)CCCCCO. The van der Waals surface area contributed by atoms with Gasteiger partial charge in [-0.2, -0.15) is 0 Å². The Bertz CT molecular complexity index is 66.3. The number of aliphatic hydroxyl groups is 1. The molecule has 1 nitrogen and oxygen atoms in total. The zero-order chi connectivity index (χ0) is 7.82. The summed E-state index contributed by atoms with van der Waals surface area (Å²) >= 11 is 3.43. The van der Waals surface area contributed by atoms with Gasteiger partial charge >= 0.3 is 0 Å². The summed E-state index contributed by atoms with van der Waals surface area (Å²) in [4.78, 5) is 0. The predicted octanol–water partition coefficient (Wildman–Crippen LogP) is 2.57. The van der Waals surface area contributed by atoms with Crippen LogP contribution in [0.2, 0.25) is 0 Å². The maximum absolute atomic E-state index is 8.48. The lowest BCUT2D eigenvalue weighted by Crippen LogP contribution is -1.95. The molecule has 0 aromatic carbocycles. The molecule has 0 aliphatic carbocycles. The van der Waals surface area contributed by atoms with Gasteiger partial charge in [0.2, 0.25) is 0 Å². The molecule has 0 bridgehead atoms. The van der Waals surface area contributed by atoms with Gasteiger partial charge in [0.05, 0.1) is 0 Å². The van der Waals surface area contributed by atoms with Gasteiger partial charge in [-0.05, 0) is 18.8 Å². The van der Waals surface area contributed by atoms with E-state index in [9.17, 15) is 0 Å². The van der Waals surface area contributed by atoms with E-state index in [1.54, 1.807) is 0 Å². The lowest BCUT2D eigenvalue weighted by atomic mass is 10.1. The van der Waals surface area contributed by atoms with Crippen LogP contribution in [-0.2, 0) is 0 Å². The second-order valence-corrected chi connectivity index (χ2v) is 3.48. The van der Waals surface area contributed by atoms with Gasteiger partial charge in [0.25, 0.3) is 0 Å². The van der Waals surface area contributed by atoms with Crippen LogP contribution in [0.25, 0.3) is 0 Å². The molecule has 0 fully saturated rings. The smallest absolute Gasteiger partial charge is 0.0431 e. The summed E-state index contributed by atoms with van der Waals surface area (Å²) in [5, 5.41) is 9.58. The van der Waals surface area contributed by atoms with Crippen molar-refractivity contribution in [3.05, 3.63) is 0 Å². The van der Waals surface area contributed by atoms with E-state index in [0.717, 1.165) is 17.7 Å². The van der Waals surface area contributed by atoms with Crippen LogP contribution in [0.1, 0.15) is 32.6 Å². The molecule has 0 aliphatic heterocycles. The van der Waals surface area contributed by atoms with E-state index in [1.807, 2.05) is 0 Å². The van der Waals surface area contributed by atoms with Crippen LogP contribution in [0, 0.1) is 5.92 Å². The first kappa shape index (κ1) is 10.4. The van der Waals surface area contributed by atoms with Crippen LogP contribution in [0.5, 0.6) is 0 Å². The number of aliphatic hydroxyl groups excluding tert-OH is 1. The molecule has 2 heteroatoms. The normalized spacial score (nSPS) is 13.5. The summed E-state index contributed by atoms with van der Waals surface area (Å²) < 4.78 is 0. The Balaban J connectivity index is 2.89. The van der Waals surface area contributed by atoms with Gasteiger partial charge in [0, 0.05) is 11.9 Å². The third kappa shape index (κ3) is 6.56. The fraction of sp³-hybridized carbons (Fsp3) is 1.00. The summed E-state index contributed by atoms with van der Waals surface area (Å²) in [6.07, 6.45) is 4.68. The fourth-order valence-corrected chi connectivity index (χ4v) is 1.18. The molecule has 1 atom stereocenters. The lowest BCUT2D eigenvalue weighted by molar-refractivity contribution is 0.281. The monoisotopic (exact) mass is 208 g/mol. The van der Waals surface area contributed by atoms with Crippen molar-refractivity contribution >= 4 is 15.9 Å². The van der Waals surface area contributed by atoms with E-state index >= 15 is 0 Å². The number of alkyl halides is 1. The second-order valence-electron chi connectivity index (χ2n) is 2.83. The van der Waals surface area contributed by atoms with Crippen molar-refractivity contribution in [2.75, 3.05) is 11.9 Å². The second kappa shape index (κ2) is 7.55. The van der Waals surface area contributed by atoms with Gasteiger partial charge in [-0.25, -0.2) is 0 Å². The lowest BCUT2D eigenvalue weighted by Gasteiger charge is -2.05. The summed E-state index contributed by atoms with van der Waals surface area (Å²) in [5.74, 6) is 0.790. The first-order valence-electron chi connectivity index (χ1n) is 3.98. The fourth-order valence-electron chi connectivity index (χ4n) is 0.859. The standard InChI is InChI=1S/C8H17BrO/c1-8(7-9)5-3-2-4-6-10/h8,10H,2-7H2,1H3. The molecule has 0 aromatic rings. The van der Waals surface area contributed by atoms with Crippen molar-refractivity contribution in [3.8, 4) is 0 Å². The maximum Gasteiger partial charge on any atom is 0.0431 e. The maximum atomic E-state index is 8.48. The quantitative estimate of drug-likeness (QED) is 0.526. The van der Waals surface area contributed by atoms with Gasteiger partial charge in [-0.3, -0.25) is 0 Å². The topological polar surface area (TPSA) is 20.2 Å². The van der Waals surface area contributed by atoms with Gasteiger partial charge in [-0.1, -0.05) is 35.7 Å². The van der Waals surface area contributed by atoms with Crippen molar-refractivity contribution < 1.29 is 5.11 Å². The molecule has 1 unspecified atom stereocenters. The molecular formula is C8H17BrO. The molecule has 0 radical (unpaired) electrons. The molecule has 0 heterocycles. The predicted molar refractivity (Wildman–Crippen MR) is 48.5 cm³/mol. The minimum Gasteiger partial charge on any atom is -0.396 e. The number of unbranched alkanes of at least 4 members (excludes halogenated alkanes) is 2. The Morgan fingerprint density at radius 3 is 2.50 bits per heavy atom. The number of hydrogen-bond donors (Lipinski definition) is 1. The van der Waals surface area contributed by atoms with E-state index in [-0.39, 0.29) is 0 Å². The van der Waals surface area contributed by atoms with Crippen molar-refractivity contribution in [2.45, 2.75) is 32.6 Å². The van der Waals surface area contributed by atoms with Crippen molar-refractivity contribution in [1.82, 2.24) is 0 Å². The largest absolute Gasteiger partial charge is 0.396 e. The van der Waals surface area contributed by atoms with Gasteiger partial charge in [0.1, 0.15) is 0 Å². The molecule has 0 saturated heterocycles. The van der Waals surface area contributed by atoms with Crippen LogP contribution in [0.15, 0.2) is 0 Å². The molecule has 0 aliphatic rings. The third-order valence-corrected chi connectivity index (χ3v) is 2.72. The van der Waals surface area contributed by atoms with Crippen LogP contribution >= 0.6 is 15.9 Å². The first-order chi connectivity index (χ1) is 4.81. The van der Waals surface area contributed by atoms with E-state index in [4.69, 9.17) is 5.11 Å². The van der Waals surface area contributed by atoms with Crippen molar-refractivity contribution in [1.29, 1.82) is 0 Å². The molecule has 0 spiro atoms. The number of hydrogen-bond acceptors (Lipinski definition) is 1. The number of rotatable bonds is 6. The summed E-state index contributed by atoms with van der Waals surface area (Å²) in [5.41, 5.74) is 0. The minimum absolute atomic E-state index is 0.350. The molecule has 0 aromatic heterocycles. The molecule has 0 rings (SSSR count). The Labute approximate surface area is 72.0 Å². The Morgan fingerprint density at radius 2 is 2.00 bits per heavy atom. The molecule has 62 valence electrons. The Morgan fingerprint density at radius 1 is 1.30 bits per heavy atom. The summed E-state index contributed by atoms with van der Waals surface area (Å²) in [7, 11) is 0. The van der Waals surface area contributed by atoms with Gasteiger partial charge in [-0.15, -0.1) is 0 Å². The Kier molecular flexibility index (Phi) is 7.88. The van der Waals surface area contributed by atoms with Crippen molar-refractivity contribution in [3.63, 3.8) is 0 Å². The average molecular weight is 209 g/mol. The molecule has 10 heavy (non-hydrogen) atoms. The highest BCUT2D eigenvalue weighted by molar-refractivity contribution is 9.09. The number of halogens is 1. The first-order valence-corrected chi connectivity index (χ1v) is 5.10. The van der Waals surface area contributed by atoms with E-state index in [2.05, 4.69) is 22.9 Å². The molecular weight excluding hydrogens is 192 g/mol. The Hall–Kier alpha value is 0.440. The van der Waals surface area contributed by atoms with Crippen LogP contribution < -0.4 is 0 Å². The zero-order valence-electron chi connectivity index (χ0n) is 6.65. The van der Waals surface area contributed by atoms with Crippen molar-refractivity contribution in [2.24, 2.45) is 5.92 Å². The summed E-state index contributed by atoms with van der Waals surface area (Å²) in [6, 6.07) is 0. The van der Waals surface area contributed by atoms with Crippen LogP contribution in [0.4, 0.5) is 0 Å². The highest BCUT2D eigenvalue weighted by Crippen LogP contribution is 2.10. The third-order valence-electron chi connectivity index (χ3n) is 1.62. The molecule has 1 N–H and O–H groups in total. The van der Waals surface area contributed by atoms with Crippen LogP contribution in [0.3, 0.4) is 0 Å².